The molecule has 2 amide bonds. The summed E-state index contributed by atoms with van der Waals surface area (Å²) in [6, 6.07) is 11.0. The van der Waals surface area contributed by atoms with Gasteiger partial charge in [-0.3, -0.25) is 9.59 Å². The number of carbonyl (C=O) groups excluding carboxylic acids is 2. The van der Waals surface area contributed by atoms with Crippen molar-refractivity contribution in [1.82, 2.24) is 23.5 Å². The summed E-state index contributed by atoms with van der Waals surface area (Å²) in [4.78, 5) is 38.9. The highest BCUT2D eigenvalue weighted by Gasteiger charge is 2.29. The Hall–Kier alpha value is -3.97. The molecule has 0 bridgehead atoms. The van der Waals surface area contributed by atoms with Crippen LogP contribution in [0.25, 0.3) is 0 Å². The van der Waals surface area contributed by atoms with E-state index in [4.69, 9.17) is 31.9 Å². The van der Waals surface area contributed by atoms with E-state index in [0.29, 0.717) is 86.9 Å². The van der Waals surface area contributed by atoms with Gasteiger partial charge in [-0.25, -0.2) is 16.8 Å². The maximum Gasteiger partial charge on any atom is 0.292 e. The van der Waals surface area contributed by atoms with Crippen molar-refractivity contribution in [2.75, 3.05) is 121 Å². The highest BCUT2D eigenvalue weighted by atomic mass is 79.9. The molecule has 3 aliphatic heterocycles. The minimum atomic E-state index is -3.28. The third-order valence-corrected chi connectivity index (χ3v) is 16.1. The topological polar surface area (TPSA) is 247 Å². The summed E-state index contributed by atoms with van der Waals surface area (Å²) in [6.45, 7) is 6.99. The number of amides is 2. The van der Waals surface area contributed by atoms with Crippen LogP contribution in [-0.4, -0.2) is 142 Å². The second kappa shape index (κ2) is 21.6. The zero-order valence-corrected chi connectivity index (χ0v) is 39.4. The van der Waals surface area contributed by atoms with E-state index in [9.17, 15) is 26.4 Å². The fourth-order valence-corrected chi connectivity index (χ4v) is 11.1. The number of nitrogens with zero attached hydrogens (tertiary/aromatic N) is 7. The van der Waals surface area contributed by atoms with E-state index < -0.39 is 31.9 Å². The van der Waals surface area contributed by atoms with Gasteiger partial charge < -0.3 is 45.6 Å². The number of sulfonamides is 2. The van der Waals surface area contributed by atoms with Gasteiger partial charge in [-0.15, -0.1) is 11.6 Å². The minimum absolute atomic E-state index is 0.0670. The van der Waals surface area contributed by atoms with Gasteiger partial charge in [-0.05, 0) is 114 Å². The SMILES string of the molecule is Nc1nc(C(=O)Nc2cc(N3CCN(S(=O)(=O)CCCCl)CC3)ccc2Br)co1.Nc1nc(C(=O)Nc2cc(N3CCN(S(=O)(=O)CCCN4CCCC4)CC3)ccc2Br)co1. The predicted octanol–water partition coefficient (Wildman–Crippen LogP) is 4.56. The summed E-state index contributed by atoms with van der Waals surface area (Å²) in [5.41, 5.74) is 13.9. The molecule has 0 spiro atoms. The van der Waals surface area contributed by atoms with E-state index in [1.165, 1.54) is 29.7 Å². The van der Waals surface area contributed by atoms with Gasteiger partial charge in [0, 0.05) is 78.6 Å². The van der Waals surface area contributed by atoms with Crippen molar-refractivity contribution in [1.29, 1.82) is 0 Å². The molecule has 3 saturated heterocycles. The van der Waals surface area contributed by atoms with Gasteiger partial charge in [0.2, 0.25) is 20.0 Å². The van der Waals surface area contributed by atoms with E-state index in [1.807, 2.05) is 36.4 Å². The lowest BCUT2D eigenvalue weighted by Crippen LogP contribution is -2.49. The Morgan fingerprint density at radius 1 is 0.661 bits per heavy atom. The minimum Gasteiger partial charge on any atom is -0.431 e. The van der Waals surface area contributed by atoms with Crippen LogP contribution in [0.5, 0.6) is 0 Å². The number of nitrogens with one attached hydrogen (secondary N) is 2. The highest BCUT2D eigenvalue weighted by molar-refractivity contribution is 9.11. The van der Waals surface area contributed by atoms with E-state index in [2.05, 4.69) is 67.2 Å². The van der Waals surface area contributed by atoms with E-state index in [1.54, 1.807) is 4.31 Å². The van der Waals surface area contributed by atoms with Gasteiger partial charge in [0.15, 0.2) is 11.4 Å². The second-order valence-corrected chi connectivity index (χ2v) is 21.0. The van der Waals surface area contributed by atoms with Gasteiger partial charge in [-0.1, -0.05) is 0 Å². The number of hydrogen-bond acceptors (Lipinski definition) is 15. The van der Waals surface area contributed by atoms with Crippen molar-refractivity contribution in [3.8, 4) is 0 Å². The Kier molecular flexibility index (Phi) is 16.6. The number of nitrogens with two attached hydrogens (primary N) is 2. The van der Waals surface area contributed by atoms with Crippen LogP contribution in [0, 0.1) is 0 Å². The lowest BCUT2D eigenvalue weighted by Gasteiger charge is -2.35. The van der Waals surface area contributed by atoms with Crippen LogP contribution in [0.1, 0.15) is 46.7 Å². The van der Waals surface area contributed by atoms with E-state index >= 15 is 0 Å². The van der Waals surface area contributed by atoms with Crippen molar-refractivity contribution in [3.05, 3.63) is 69.3 Å². The molecule has 0 aliphatic carbocycles. The number of nitrogen functional groups attached to an aromatic ring is 2. The average Bonchev–Trinajstić information content (AvgIpc) is 4.05. The first-order valence-electron chi connectivity index (χ1n) is 20.0. The number of hydrogen-bond donors (Lipinski definition) is 4. The maximum absolute atomic E-state index is 12.8. The summed E-state index contributed by atoms with van der Waals surface area (Å²) in [5, 5.41) is 5.56. The average molecular weight is 1050 g/mol. The number of aromatic nitrogens is 2. The maximum atomic E-state index is 12.8. The molecule has 6 N–H and O–H groups in total. The zero-order chi connectivity index (χ0) is 44.4. The molecule has 24 heteroatoms. The number of alkyl halides is 1. The Morgan fingerprint density at radius 2 is 1.08 bits per heavy atom. The second-order valence-electron chi connectivity index (χ2n) is 14.7. The molecule has 4 aromatic rings. The number of rotatable bonds is 15. The molecule has 19 nitrogen and oxygen atoms in total. The van der Waals surface area contributed by atoms with Gasteiger partial charge >= 0.3 is 0 Å². The molecular formula is C38H50Br2ClN11O8S2. The molecule has 5 heterocycles. The quantitative estimate of drug-likeness (QED) is 0.119. The third kappa shape index (κ3) is 12.8. The molecule has 2 aromatic heterocycles. The van der Waals surface area contributed by atoms with Gasteiger partial charge in [0.1, 0.15) is 12.5 Å². The first-order chi connectivity index (χ1) is 29.6. The smallest absolute Gasteiger partial charge is 0.292 e. The number of anilines is 6. The number of benzene rings is 2. The molecule has 338 valence electrons. The third-order valence-electron chi connectivity index (χ3n) is 10.5. The fraction of sp³-hybridized carbons (Fsp3) is 0.474. The molecule has 0 atom stereocenters. The monoisotopic (exact) mass is 1050 g/mol. The molecule has 0 unspecified atom stereocenters. The van der Waals surface area contributed by atoms with Crippen molar-refractivity contribution in [2.45, 2.75) is 25.7 Å². The summed E-state index contributed by atoms with van der Waals surface area (Å²) in [7, 11) is -6.53. The summed E-state index contributed by atoms with van der Waals surface area (Å²) < 4.78 is 64.5. The summed E-state index contributed by atoms with van der Waals surface area (Å²) >= 11 is 12.5. The fourth-order valence-electron chi connectivity index (χ4n) is 7.19. The van der Waals surface area contributed by atoms with Crippen LogP contribution in [0.15, 0.2) is 66.7 Å². The Labute approximate surface area is 382 Å². The molecule has 62 heavy (non-hydrogen) atoms. The molecule has 0 radical (unpaired) electrons. The van der Waals surface area contributed by atoms with Crippen LogP contribution in [0.2, 0.25) is 0 Å². The first-order valence-corrected chi connectivity index (χ1v) is 25.3. The Morgan fingerprint density at radius 3 is 1.47 bits per heavy atom. The lowest BCUT2D eigenvalue weighted by molar-refractivity contribution is 0.101. The highest BCUT2D eigenvalue weighted by Crippen LogP contribution is 2.31. The molecule has 2 aromatic carbocycles. The zero-order valence-electron chi connectivity index (χ0n) is 33.8. The van der Waals surface area contributed by atoms with Crippen LogP contribution >= 0.6 is 43.5 Å². The summed E-state index contributed by atoms with van der Waals surface area (Å²) in [5.74, 6) is -0.285. The van der Waals surface area contributed by atoms with Crippen molar-refractivity contribution >= 4 is 110 Å². The predicted molar refractivity (Wildman–Crippen MR) is 247 cm³/mol. The molecule has 0 saturated carbocycles. The van der Waals surface area contributed by atoms with E-state index in [0.717, 1.165) is 35.5 Å². The first kappa shape index (κ1) is 47.5. The Balaban J connectivity index is 0.000000209. The normalized spacial score (nSPS) is 16.8. The largest absolute Gasteiger partial charge is 0.431 e. The molecule has 3 aliphatic rings. The van der Waals surface area contributed by atoms with Crippen molar-refractivity contribution in [2.24, 2.45) is 0 Å². The van der Waals surface area contributed by atoms with Crippen LogP contribution in [0.3, 0.4) is 0 Å². The number of likely N-dealkylation sites (tertiary alicyclic amines) is 1. The van der Waals surface area contributed by atoms with Gasteiger partial charge in [0.05, 0.1) is 22.9 Å². The van der Waals surface area contributed by atoms with Gasteiger partial charge in [-0.2, -0.15) is 18.6 Å². The van der Waals surface area contributed by atoms with Crippen LogP contribution in [0.4, 0.5) is 34.8 Å². The van der Waals surface area contributed by atoms with Crippen LogP contribution < -0.4 is 31.9 Å². The van der Waals surface area contributed by atoms with Crippen molar-refractivity contribution < 1.29 is 35.3 Å². The van der Waals surface area contributed by atoms with Crippen molar-refractivity contribution in [3.63, 3.8) is 0 Å². The Bertz CT molecular complexity index is 2380. The standard InChI is InChI=1S/C21H29BrN6O4S.C17H21BrClN5O4S/c22-17-5-4-16(14-18(17)24-20(29)19-15-32-21(23)25-19)27-9-11-28(12-10-27)33(30,31)13-3-8-26-6-1-2-7-26;18-13-3-2-12(10-14(13)21-16(25)15-11-28-17(20)22-15)23-5-7-24(8-6-23)29(26,27)9-1-4-19/h4-5,14-15H,1-3,6-13H2,(H2,23,25)(H,24,29);2-3,10-11H,1,4-9H2,(H2,20,22)(H,21,25). The molecular weight excluding hydrogens is 998 g/mol. The number of halogens is 3. The molecule has 3 fully saturated rings. The molecule has 7 rings (SSSR count). The number of carbonyl (C=O) groups is 2. The van der Waals surface area contributed by atoms with Gasteiger partial charge in [0.25, 0.3) is 23.8 Å². The lowest BCUT2D eigenvalue weighted by atomic mass is 10.2. The number of oxazole rings is 2. The number of piperazine rings is 2. The summed E-state index contributed by atoms with van der Waals surface area (Å²) in [6.07, 6.45) is 5.93. The van der Waals surface area contributed by atoms with Crippen LogP contribution in [-0.2, 0) is 20.0 Å². The van der Waals surface area contributed by atoms with E-state index in [-0.39, 0.29) is 34.9 Å².